The van der Waals surface area contributed by atoms with Gasteiger partial charge in [0.2, 0.25) is 5.75 Å². The fourth-order valence-electron chi connectivity index (χ4n) is 2.87. The van der Waals surface area contributed by atoms with Crippen molar-refractivity contribution >= 4 is 12.2 Å². The predicted molar refractivity (Wildman–Crippen MR) is 101 cm³/mol. The Kier molecular flexibility index (Phi) is 4.83. The number of aromatic nitrogens is 4. The SMILES string of the molecule is COc1cc(-c2[nH]c(=S)nc(-n3nc(C)cc3C)c2C#N)cc(O)c1OC. The summed E-state index contributed by atoms with van der Waals surface area (Å²) in [5.41, 5.74) is 2.75. The molecule has 3 aromatic rings. The molecule has 3 rings (SSSR count). The second-order valence-electron chi connectivity index (χ2n) is 5.80. The number of phenols is 1. The van der Waals surface area contributed by atoms with Gasteiger partial charge in [0.1, 0.15) is 11.6 Å². The minimum Gasteiger partial charge on any atom is -0.504 e. The van der Waals surface area contributed by atoms with Crippen LogP contribution in [0, 0.1) is 29.9 Å². The van der Waals surface area contributed by atoms with Gasteiger partial charge in [0.05, 0.1) is 25.6 Å². The normalized spacial score (nSPS) is 10.5. The first kappa shape index (κ1) is 18.4. The van der Waals surface area contributed by atoms with Gasteiger partial charge >= 0.3 is 0 Å². The van der Waals surface area contributed by atoms with Crippen LogP contribution < -0.4 is 9.47 Å². The van der Waals surface area contributed by atoms with Gasteiger partial charge in [-0.15, -0.1) is 0 Å². The number of aryl methyl sites for hydroxylation is 2. The summed E-state index contributed by atoms with van der Waals surface area (Å²) in [5, 5.41) is 24.5. The Bertz CT molecular complexity index is 1130. The lowest BCUT2D eigenvalue weighted by Crippen LogP contribution is -2.08. The predicted octanol–water partition coefficient (Wildman–Crippen LogP) is 3.20. The van der Waals surface area contributed by atoms with Crippen molar-refractivity contribution in [3.63, 3.8) is 0 Å². The summed E-state index contributed by atoms with van der Waals surface area (Å²) < 4.78 is 12.2. The van der Waals surface area contributed by atoms with Crippen LogP contribution >= 0.6 is 12.2 Å². The van der Waals surface area contributed by atoms with Crippen molar-refractivity contribution in [1.82, 2.24) is 19.7 Å². The summed E-state index contributed by atoms with van der Waals surface area (Å²) in [4.78, 5) is 7.22. The molecule has 0 aliphatic carbocycles. The molecule has 0 unspecified atom stereocenters. The molecule has 2 aromatic heterocycles. The van der Waals surface area contributed by atoms with E-state index in [4.69, 9.17) is 21.7 Å². The number of benzene rings is 1. The fraction of sp³-hybridized carbons (Fsp3) is 0.222. The minimum absolute atomic E-state index is 0.125. The molecular weight excluding hydrogens is 366 g/mol. The molecule has 0 saturated carbocycles. The van der Waals surface area contributed by atoms with Gasteiger partial charge in [0.15, 0.2) is 22.1 Å². The quantitative estimate of drug-likeness (QED) is 0.666. The highest BCUT2D eigenvalue weighted by molar-refractivity contribution is 7.71. The molecule has 9 heteroatoms. The summed E-state index contributed by atoms with van der Waals surface area (Å²) in [5.74, 6) is 0.710. The Morgan fingerprint density at radius 2 is 1.96 bits per heavy atom. The number of rotatable bonds is 4. The van der Waals surface area contributed by atoms with Crippen molar-refractivity contribution in [1.29, 1.82) is 5.26 Å². The second kappa shape index (κ2) is 7.09. The summed E-state index contributed by atoms with van der Waals surface area (Å²) >= 11 is 5.25. The number of nitrogens with zero attached hydrogens (tertiary/aromatic N) is 4. The number of aromatic hydroxyl groups is 1. The molecule has 0 atom stereocenters. The van der Waals surface area contributed by atoms with Crippen LogP contribution in [0.1, 0.15) is 17.0 Å². The lowest BCUT2D eigenvalue weighted by atomic mass is 10.1. The fourth-order valence-corrected chi connectivity index (χ4v) is 3.06. The molecule has 2 N–H and O–H groups in total. The van der Waals surface area contributed by atoms with Gasteiger partial charge in [-0.2, -0.15) is 15.3 Å². The molecule has 0 aliphatic heterocycles. The number of nitriles is 1. The summed E-state index contributed by atoms with van der Waals surface area (Å²) in [7, 11) is 2.89. The maximum absolute atomic E-state index is 10.3. The van der Waals surface area contributed by atoms with Gasteiger partial charge < -0.3 is 19.6 Å². The summed E-state index contributed by atoms with van der Waals surface area (Å²) in [6.45, 7) is 3.72. The third-order valence-corrected chi connectivity index (χ3v) is 4.18. The van der Waals surface area contributed by atoms with Crippen LogP contribution in [-0.4, -0.2) is 39.1 Å². The lowest BCUT2D eigenvalue weighted by Gasteiger charge is -2.14. The van der Waals surface area contributed by atoms with E-state index in [2.05, 4.69) is 21.1 Å². The van der Waals surface area contributed by atoms with Gasteiger partial charge in [-0.05, 0) is 44.3 Å². The summed E-state index contributed by atoms with van der Waals surface area (Å²) in [6, 6.07) is 7.15. The average Bonchev–Trinajstić information content (AvgIpc) is 2.98. The monoisotopic (exact) mass is 383 g/mol. The Morgan fingerprint density at radius 3 is 2.52 bits per heavy atom. The smallest absolute Gasteiger partial charge is 0.203 e. The Balaban J connectivity index is 2.33. The third-order valence-electron chi connectivity index (χ3n) is 3.98. The van der Waals surface area contributed by atoms with Crippen LogP contribution in [-0.2, 0) is 0 Å². The standard InChI is InChI=1S/C18H17N5O3S/c1-9-5-10(2)23(22-9)17-12(8-19)15(20-18(27)21-17)11-6-13(24)16(26-4)14(7-11)25-3/h5-7,24H,1-4H3,(H,20,21,27). The van der Waals surface area contributed by atoms with Crippen LogP contribution in [0.2, 0.25) is 0 Å². The maximum Gasteiger partial charge on any atom is 0.203 e. The van der Waals surface area contributed by atoms with E-state index in [9.17, 15) is 10.4 Å². The molecule has 0 bridgehead atoms. The number of methoxy groups -OCH3 is 2. The van der Waals surface area contributed by atoms with Gasteiger partial charge in [0.25, 0.3) is 0 Å². The second-order valence-corrected chi connectivity index (χ2v) is 6.18. The highest BCUT2D eigenvalue weighted by Crippen LogP contribution is 2.41. The highest BCUT2D eigenvalue weighted by Gasteiger charge is 2.20. The van der Waals surface area contributed by atoms with Crippen LogP contribution in [0.3, 0.4) is 0 Å². The maximum atomic E-state index is 10.3. The zero-order valence-electron chi connectivity index (χ0n) is 15.2. The molecule has 0 radical (unpaired) electrons. The number of H-pyrrole nitrogens is 1. The van der Waals surface area contributed by atoms with E-state index in [0.717, 1.165) is 11.4 Å². The lowest BCUT2D eigenvalue weighted by molar-refractivity contribution is 0.333. The molecule has 0 aliphatic rings. The zero-order chi connectivity index (χ0) is 19.7. The van der Waals surface area contributed by atoms with Crippen molar-refractivity contribution < 1.29 is 14.6 Å². The molecule has 0 saturated heterocycles. The van der Waals surface area contributed by atoms with Crippen molar-refractivity contribution in [3.05, 3.63) is 39.9 Å². The first-order valence-corrected chi connectivity index (χ1v) is 8.33. The number of nitrogens with one attached hydrogen (secondary N) is 1. The van der Waals surface area contributed by atoms with E-state index in [0.29, 0.717) is 22.8 Å². The van der Waals surface area contributed by atoms with Crippen molar-refractivity contribution in [2.45, 2.75) is 13.8 Å². The van der Waals surface area contributed by atoms with E-state index in [1.807, 2.05) is 19.9 Å². The van der Waals surface area contributed by atoms with E-state index in [1.54, 1.807) is 10.7 Å². The molecule has 0 fully saturated rings. The molecular formula is C18H17N5O3S. The van der Waals surface area contributed by atoms with Gasteiger partial charge in [-0.3, -0.25) is 0 Å². The minimum atomic E-state index is -0.125. The van der Waals surface area contributed by atoms with E-state index in [1.165, 1.54) is 20.3 Å². The number of ether oxygens (including phenoxy) is 2. The Hall–Kier alpha value is -3.38. The number of aromatic amines is 1. The number of phenolic OH excluding ortho intramolecular Hbond substituents is 1. The van der Waals surface area contributed by atoms with Crippen molar-refractivity contribution in [3.8, 4) is 40.4 Å². The number of hydrogen-bond acceptors (Lipinski definition) is 7. The largest absolute Gasteiger partial charge is 0.504 e. The molecule has 27 heavy (non-hydrogen) atoms. The molecule has 0 spiro atoms. The van der Waals surface area contributed by atoms with Gasteiger partial charge in [-0.1, -0.05) is 0 Å². The highest BCUT2D eigenvalue weighted by atomic mass is 32.1. The Labute approximate surface area is 160 Å². The molecule has 138 valence electrons. The molecule has 1 aromatic carbocycles. The third kappa shape index (κ3) is 3.22. The number of hydrogen-bond donors (Lipinski definition) is 2. The summed E-state index contributed by atoms with van der Waals surface area (Å²) in [6.07, 6.45) is 0. The zero-order valence-corrected chi connectivity index (χ0v) is 16.0. The Morgan fingerprint density at radius 1 is 1.22 bits per heavy atom. The van der Waals surface area contributed by atoms with E-state index in [-0.39, 0.29) is 21.8 Å². The van der Waals surface area contributed by atoms with Crippen molar-refractivity contribution in [2.75, 3.05) is 14.2 Å². The van der Waals surface area contributed by atoms with E-state index < -0.39 is 0 Å². The van der Waals surface area contributed by atoms with Crippen LogP contribution in [0.5, 0.6) is 17.2 Å². The van der Waals surface area contributed by atoms with Crippen LogP contribution in [0.15, 0.2) is 18.2 Å². The van der Waals surface area contributed by atoms with Crippen LogP contribution in [0.4, 0.5) is 0 Å². The first-order chi connectivity index (χ1) is 12.9. The average molecular weight is 383 g/mol. The molecule has 0 amide bonds. The topological polar surface area (TPSA) is 109 Å². The van der Waals surface area contributed by atoms with E-state index >= 15 is 0 Å². The van der Waals surface area contributed by atoms with Crippen LogP contribution in [0.25, 0.3) is 17.1 Å². The van der Waals surface area contributed by atoms with Gasteiger partial charge in [-0.25, -0.2) is 4.68 Å². The molecule has 8 nitrogen and oxygen atoms in total. The molecule has 2 heterocycles. The van der Waals surface area contributed by atoms with Crippen molar-refractivity contribution in [2.24, 2.45) is 0 Å². The van der Waals surface area contributed by atoms with Gasteiger partial charge in [0, 0.05) is 11.3 Å². The first-order valence-electron chi connectivity index (χ1n) is 7.93.